The maximum absolute atomic E-state index is 14.5. The molecule has 0 spiro atoms. The Bertz CT molecular complexity index is 1850. The Morgan fingerprint density at radius 1 is 0.939 bits per heavy atom. The molecule has 0 radical (unpaired) electrons. The van der Waals surface area contributed by atoms with Crippen LogP contribution in [0.1, 0.15) is 98.0 Å². The topological polar surface area (TPSA) is 155 Å². The van der Waals surface area contributed by atoms with Gasteiger partial charge in [-0.2, -0.15) is 0 Å². The first-order valence-corrected chi connectivity index (χ1v) is 24.5. The van der Waals surface area contributed by atoms with Gasteiger partial charge in [-0.15, -0.1) is 0 Å². The summed E-state index contributed by atoms with van der Waals surface area (Å²) in [5, 5.41) is 2.95. The van der Waals surface area contributed by atoms with Crippen molar-refractivity contribution in [1.82, 2.24) is 24.9 Å². The van der Waals surface area contributed by atoms with Gasteiger partial charge in [-0.3, -0.25) is 33.7 Å². The van der Waals surface area contributed by atoms with E-state index in [1.54, 1.807) is 32.2 Å². The minimum atomic E-state index is -0.648. The number of nitrogens with one attached hydrogen (secondary N) is 1. The fourth-order valence-electron chi connectivity index (χ4n) is 11.2. The quantitative estimate of drug-likeness (QED) is 0.112. The van der Waals surface area contributed by atoms with Crippen LogP contribution in [0.15, 0.2) is 54.8 Å². The van der Waals surface area contributed by atoms with Crippen molar-refractivity contribution < 1.29 is 43.0 Å². The number of Topliss-reactive ketones (excluding diaryl/α,β-unsaturated/α-hetero) is 2. The summed E-state index contributed by atoms with van der Waals surface area (Å²) in [5.74, 6) is -2.06. The van der Waals surface area contributed by atoms with Crippen molar-refractivity contribution in [3.05, 3.63) is 60.3 Å². The number of methoxy groups -OCH3 is 2. The molecule has 1 aromatic carbocycles. The number of allylic oxidation sites excluding steroid dienone is 1. The number of likely N-dealkylation sites (tertiary alicyclic amines) is 2. The summed E-state index contributed by atoms with van der Waals surface area (Å²) < 4.78 is 17.9. The van der Waals surface area contributed by atoms with Crippen LogP contribution in [-0.2, 0) is 49.4 Å². The smallest absolute Gasteiger partial charge is 0.251 e. The van der Waals surface area contributed by atoms with E-state index in [-0.39, 0.29) is 98.1 Å². The van der Waals surface area contributed by atoms with Gasteiger partial charge in [0.1, 0.15) is 5.78 Å². The zero-order chi connectivity index (χ0) is 48.2. The monoisotopic (exact) mass is 918 g/mol. The highest BCUT2D eigenvalue weighted by Crippen LogP contribution is 2.43. The maximum Gasteiger partial charge on any atom is 0.251 e. The highest BCUT2D eigenvalue weighted by Gasteiger charge is 2.48. The number of benzene rings is 1. The van der Waals surface area contributed by atoms with Gasteiger partial charge in [0.05, 0.1) is 50.0 Å². The van der Waals surface area contributed by atoms with Gasteiger partial charge in [-0.1, -0.05) is 78.0 Å². The number of hydrogen-bond acceptors (Lipinski definition) is 10. The van der Waals surface area contributed by atoms with Crippen molar-refractivity contribution in [1.29, 1.82) is 0 Å². The van der Waals surface area contributed by atoms with Gasteiger partial charge >= 0.3 is 0 Å². The second-order valence-corrected chi connectivity index (χ2v) is 19.7. The molecule has 0 aromatic heterocycles. The first kappa shape index (κ1) is 52.7. The molecule has 11 atom stereocenters. The van der Waals surface area contributed by atoms with E-state index in [2.05, 4.69) is 30.6 Å². The molecule has 2 saturated heterocycles. The SMILES string of the molecule is C=C1C=CC(=O)N1CCOCCNC(=O)[C@@H](CC(=O)[C@H](C)[C@@H](OC)[C@@H]1CCCN1C(=O)C[C@@H](OC)[C@H]([C@@H](C)CC)N(C)C(=O)[C@@H](CC(=O)[C@@H]1[C@H]2CC[C@H](C2)N1C)C(C)C)Cc1ccccc1. The highest BCUT2D eigenvalue weighted by molar-refractivity contribution is 5.93. The second-order valence-electron chi connectivity index (χ2n) is 19.7. The normalized spacial score (nSPS) is 23.8. The molecule has 1 saturated carbocycles. The molecule has 1 N–H and O–H groups in total. The Balaban J connectivity index is 1.21. The summed E-state index contributed by atoms with van der Waals surface area (Å²) in [6.07, 6.45) is 7.88. The molecular formula is C52H79N5O9. The molecule has 14 nitrogen and oxygen atoms in total. The highest BCUT2D eigenvalue weighted by atomic mass is 16.5. The number of fused-ring (bicyclic) bond motifs is 2. The van der Waals surface area contributed by atoms with E-state index in [4.69, 9.17) is 14.2 Å². The Morgan fingerprint density at radius 3 is 2.27 bits per heavy atom. The lowest BCUT2D eigenvalue weighted by Crippen LogP contribution is -2.54. The molecule has 14 heteroatoms. The number of ether oxygens (including phenoxy) is 3. The van der Waals surface area contributed by atoms with Gasteiger partial charge in [-0.25, -0.2) is 0 Å². The van der Waals surface area contributed by atoms with Crippen LogP contribution in [-0.4, -0.2) is 152 Å². The molecule has 366 valence electrons. The van der Waals surface area contributed by atoms with Crippen LogP contribution in [0.25, 0.3) is 0 Å². The number of hydrogen-bond donors (Lipinski definition) is 1. The standard InChI is InChI=1S/C52H79N5O9/c1-11-34(4)48(55(8)52(63)41(33(2)3)31-44(59)49-38-20-21-40(29-38)54(49)7)45(64-9)32-47(61)57-24-15-18-42(57)50(65-10)36(6)43(58)30-39(28-37-16-13-12-14-17-37)51(62)53-23-26-66-27-25-56-35(5)19-22-46(56)60/h12-14,16-17,19,22,33-34,36,38-42,45,48-50H,5,11,15,18,20-21,23-32H2,1-4,6-10H3,(H,53,62)/t34-,36-,38-,39+,40+,41-,42-,45+,48-,49-,50+/m0/s1. The number of carbonyl (C=O) groups is 6. The molecule has 5 rings (SSSR count). The van der Waals surface area contributed by atoms with Gasteiger partial charge in [0.15, 0.2) is 5.78 Å². The third kappa shape index (κ3) is 12.8. The maximum atomic E-state index is 14.5. The molecule has 66 heavy (non-hydrogen) atoms. The zero-order valence-electron chi connectivity index (χ0n) is 41.2. The van der Waals surface area contributed by atoms with E-state index in [0.717, 1.165) is 37.7 Å². The Labute approximate surface area is 394 Å². The minimum Gasteiger partial charge on any atom is -0.379 e. The predicted molar refractivity (Wildman–Crippen MR) is 254 cm³/mol. The lowest BCUT2D eigenvalue weighted by molar-refractivity contribution is -0.149. The lowest BCUT2D eigenvalue weighted by Gasteiger charge is -2.41. The molecule has 3 aliphatic heterocycles. The summed E-state index contributed by atoms with van der Waals surface area (Å²) >= 11 is 0. The third-order valence-electron chi connectivity index (χ3n) is 15.3. The number of likely N-dealkylation sites (N-methyl/N-ethyl adjacent to an activating group) is 2. The molecular weight excluding hydrogens is 839 g/mol. The Kier molecular flexibility index (Phi) is 19.7. The number of nitrogens with zero attached hydrogens (tertiary/aromatic N) is 4. The third-order valence-corrected chi connectivity index (χ3v) is 15.3. The summed E-state index contributed by atoms with van der Waals surface area (Å²) in [7, 11) is 7.00. The van der Waals surface area contributed by atoms with Crippen LogP contribution in [0, 0.1) is 35.5 Å². The van der Waals surface area contributed by atoms with Crippen LogP contribution in [0.2, 0.25) is 0 Å². The molecule has 3 heterocycles. The van der Waals surface area contributed by atoms with Crippen LogP contribution < -0.4 is 5.32 Å². The molecule has 1 aromatic rings. The number of carbonyl (C=O) groups excluding carboxylic acids is 6. The fourth-order valence-corrected chi connectivity index (χ4v) is 11.2. The average Bonchev–Trinajstić information content (AvgIpc) is 4.12. The predicted octanol–water partition coefficient (Wildman–Crippen LogP) is 5.48. The zero-order valence-corrected chi connectivity index (χ0v) is 41.2. The summed E-state index contributed by atoms with van der Waals surface area (Å²) in [6.45, 7) is 15.5. The van der Waals surface area contributed by atoms with Crippen molar-refractivity contribution in [2.24, 2.45) is 35.5 Å². The van der Waals surface area contributed by atoms with Gasteiger partial charge < -0.3 is 34.2 Å². The summed E-state index contributed by atoms with van der Waals surface area (Å²) in [4.78, 5) is 90.0. The van der Waals surface area contributed by atoms with Crippen LogP contribution >= 0.6 is 0 Å². The first-order chi connectivity index (χ1) is 31.5. The molecule has 0 unspecified atom stereocenters. The average molecular weight is 918 g/mol. The van der Waals surface area contributed by atoms with E-state index in [1.807, 2.05) is 63.1 Å². The summed E-state index contributed by atoms with van der Waals surface area (Å²) in [6, 6.07) is 9.13. The molecule has 4 aliphatic rings. The number of rotatable bonds is 27. The van der Waals surface area contributed by atoms with Gasteiger partial charge in [0.25, 0.3) is 5.91 Å². The van der Waals surface area contributed by atoms with E-state index in [9.17, 15) is 28.8 Å². The van der Waals surface area contributed by atoms with Crippen molar-refractivity contribution in [3.63, 3.8) is 0 Å². The van der Waals surface area contributed by atoms with E-state index in [0.29, 0.717) is 43.6 Å². The molecule has 3 fully saturated rings. The van der Waals surface area contributed by atoms with Crippen LogP contribution in [0.5, 0.6) is 0 Å². The van der Waals surface area contributed by atoms with E-state index < -0.39 is 36.0 Å². The number of piperidine rings is 1. The largest absolute Gasteiger partial charge is 0.379 e. The van der Waals surface area contributed by atoms with Crippen molar-refractivity contribution in [2.45, 2.75) is 135 Å². The van der Waals surface area contributed by atoms with Gasteiger partial charge in [0, 0.05) is 89.3 Å². The molecule has 4 amide bonds. The van der Waals surface area contributed by atoms with Crippen LogP contribution in [0.3, 0.4) is 0 Å². The van der Waals surface area contributed by atoms with Crippen molar-refractivity contribution >= 4 is 35.2 Å². The van der Waals surface area contributed by atoms with E-state index >= 15 is 0 Å². The van der Waals surface area contributed by atoms with Crippen LogP contribution in [0.4, 0.5) is 0 Å². The Morgan fingerprint density at radius 2 is 1.67 bits per heavy atom. The lowest BCUT2D eigenvalue weighted by atomic mass is 9.83. The van der Waals surface area contributed by atoms with Gasteiger partial charge in [0.2, 0.25) is 17.7 Å². The van der Waals surface area contributed by atoms with Gasteiger partial charge in [-0.05, 0) is 75.0 Å². The van der Waals surface area contributed by atoms with Crippen molar-refractivity contribution in [3.8, 4) is 0 Å². The Hall–Kier alpha value is -4.24. The van der Waals surface area contributed by atoms with E-state index in [1.165, 1.54) is 11.0 Å². The fraction of sp³-hybridized carbons (Fsp3) is 0.692. The van der Waals surface area contributed by atoms with Crippen molar-refractivity contribution in [2.75, 3.05) is 61.2 Å². The summed E-state index contributed by atoms with van der Waals surface area (Å²) in [5.41, 5.74) is 1.55. The molecule has 2 bridgehead atoms. The second kappa shape index (κ2) is 24.7. The minimum absolute atomic E-state index is 0.00502. The number of ketones is 2. The first-order valence-electron chi connectivity index (χ1n) is 24.5. The molecule has 1 aliphatic carbocycles. The number of amides is 4.